The first kappa shape index (κ1) is 17.8. The fourth-order valence-electron chi connectivity index (χ4n) is 1.15. The van der Waals surface area contributed by atoms with Gasteiger partial charge in [-0.25, -0.2) is 0 Å². The maximum absolute atomic E-state index is 9.28. The van der Waals surface area contributed by atoms with Crippen molar-refractivity contribution in [2.45, 2.75) is 6.42 Å². The molecule has 2 heterocycles. The summed E-state index contributed by atoms with van der Waals surface area (Å²) in [5.41, 5.74) is 1.83. The van der Waals surface area contributed by atoms with Crippen LogP contribution in [0.15, 0.2) is 48.8 Å². The minimum absolute atomic E-state index is 0. The fourth-order valence-corrected chi connectivity index (χ4v) is 1.15. The topological polar surface area (TPSA) is 106 Å². The van der Waals surface area contributed by atoms with Crippen molar-refractivity contribution in [2.24, 2.45) is 0 Å². The predicted octanol–water partition coefficient (Wildman–Crippen LogP) is -0.983. The van der Waals surface area contributed by atoms with Gasteiger partial charge in [-0.1, -0.05) is 12.1 Å². The molecule has 0 bridgehead atoms. The Labute approximate surface area is 126 Å². The van der Waals surface area contributed by atoms with Gasteiger partial charge in [-0.15, -0.1) is 0 Å². The molecule has 7 heteroatoms. The van der Waals surface area contributed by atoms with Crippen LogP contribution in [0.5, 0.6) is 0 Å². The number of aromatic nitrogens is 2. The summed E-state index contributed by atoms with van der Waals surface area (Å²) in [4.78, 5) is 26.9. The summed E-state index contributed by atoms with van der Waals surface area (Å²) in [7, 11) is 0. The second kappa shape index (κ2) is 9.66. The SMILES string of the molecule is O=C([O-])CC(=O)[O-].[Cu+2].c1ccc(-c2ccccn2)nc1. The van der Waals surface area contributed by atoms with Crippen molar-refractivity contribution >= 4 is 11.9 Å². The second-order valence-electron chi connectivity index (χ2n) is 3.35. The minimum atomic E-state index is -1.63. The van der Waals surface area contributed by atoms with Crippen LogP contribution in [0.4, 0.5) is 0 Å². The maximum Gasteiger partial charge on any atom is 2.00 e. The van der Waals surface area contributed by atoms with Gasteiger partial charge < -0.3 is 19.8 Å². The number of carboxylic acid groups (broad SMARTS) is 2. The third kappa shape index (κ3) is 7.25. The molecule has 0 spiro atoms. The molecule has 20 heavy (non-hydrogen) atoms. The summed E-state index contributed by atoms with van der Waals surface area (Å²) >= 11 is 0. The number of rotatable bonds is 3. The molecular formula is C13H10CuN2O4. The number of nitrogens with zero attached hydrogens (tertiary/aromatic N) is 2. The summed E-state index contributed by atoms with van der Waals surface area (Å²) in [6.07, 6.45) is 2.51. The van der Waals surface area contributed by atoms with Gasteiger partial charge in [0.1, 0.15) is 0 Å². The Morgan fingerprint density at radius 1 is 0.850 bits per heavy atom. The van der Waals surface area contributed by atoms with Gasteiger partial charge in [-0.05, 0) is 24.3 Å². The quantitative estimate of drug-likeness (QED) is 0.531. The van der Waals surface area contributed by atoms with Crippen molar-refractivity contribution in [2.75, 3.05) is 0 Å². The van der Waals surface area contributed by atoms with E-state index in [1.54, 1.807) is 12.4 Å². The van der Waals surface area contributed by atoms with Gasteiger partial charge in [-0.2, -0.15) is 0 Å². The van der Waals surface area contributed by atoms with E-state index in [0.717, 1.165) is 11.4 Å². The Kier molecular flexibility index (Phi) is 8.58. The molecule has 0 aromatic carbocycles. The van der Waals surface area contributed by atoms with Crippen molar-refractivity contribution in [3.05, 3.63) is 48.8 Å². The normalized spacial score (nSPS) is 8.60. The van der Waals surface area contributed by atoms with Gasteiger partial charge in [0.15, 0.2) is 0 Å². The summed E-state index contributed by atoms with van der Waals surface area (Å²) in [6.45, 7) is 0. The molecule has 1 radical (unpaired) electrons. The van der Waals surface area contributed by atoms with E-state index in [2.05, 4.69) is 9.97 Å². The first-order chi connectivity index (χ1) is 9.09. The average Bonchev–Trinajstić information content (AvgIpc) is 2.40. The van der Waals surface area contributed by atoms with Crippen molar-refractivity contribution < 1.29 is 36.9 Å². The van der Waals surface area contributed by atoms with Crippen LogP contribution in [0.25, 0.3) is 11.4 Å². The zero-order valence-electron chi connectivity index (χ0n) is 10.2. The number of carbonyl (C=O) groups is 2. The molecule has 2 aromatic heterocycles. The van der Waals surface area contributed by atoms with Gasteiger partial charge in [-0.3, -0.25) is 9.97 Å². The standard InChI is InChI=1S/C10H8N2.C3H4O4.Cu/c1-3-7-11-9(5-1)10-6-2-4-8-12-10;4-2(5)1-3(6)7;/h1-8H;1H2,(H,4,5)(H,6,7);/q;;+2/p-2. The van der Waals surface area contributed by atoms with Crippen molar-refractivity contribution in [3.63, 3.8) is 0 Å². The Morgan fingerprint density at radius 3 is 1.45 bits per heavy atom. The number of hydrogen-bond donors (Lipinski definition) is 0. The smallest absolute Gasteiger partial charge is 0.550 e. The van der Waals surface area contributed by atoms with E-state index in [9.17, 15) is 19.8 Å². The molecule has 0 saturated heterocycles. The molecule has 0 atom stereocenters. The third-order valence-electron chi connectivity index (χ3n) is 1.88. The molecule has 6 nitrogen and oxygen atoms in total. The monoisotopic (exact) mass is 321 g/mol. The first-order valence-corrected chi connectivity index (χ1v) is 5.31. The Morgan fingerprint density at radius 2 is 1.25 bits per heavy atom. The van der Waals surface area contributed by atoms with E-state index in [4.69, 9.17) is 0 Å². The van der Waals surface area contributed by atoms with Crippen LogP contribution in [0.3, 0.4) is 0 Å². The molecule has 2 rings (SSSR count). The van der Waals surface area contributed by atoms with Crippen molar-refractivity contribution in [3.8, 4) is 11.4 Å². The zero-order chi connectivity index (χ0) is 14.1. The van der Waals surface area contributed by atoms with E-state index in [1.807, 2.05) is 36.4 Å². The van der Waals surface area contributed by atoms with Gasteiger partial charge in [0, 0.05) is 30.8 Å². The zero-order valence-corrected chi connectivity index (χ0v) is 11.1. The van der Waals surface area contributed by atoms with Crippen LogP contribution in [0.2, 0.25) is 0 Å². The molecular weight excluding hydrogens is 312 g/mol. The van der Waals surface area contributed by atoms with Crippen LogP contribution >= 0.6 is 0 Å². The number of aliphatic carboxylic acids is 2. The van der Waals surface area contributed by atoms with Gasteiger partial charge in [0.2, 0.25) is 0 Å². The minimum Gasteiger partial charge on any atom is -0.550 e. The summed E-state index contributed by atoms with van der Waals surface area (Å²) in [5, 5.41) is 18.6. The summed E-state index contributed by atoms with van der Waals surface area (Å²) in [5.74, 6) is -3.25. The Hall–Kier alpha value is -2.24. The van der Waals surface area contributed by atoms with Crippen molar-refractivity contribution in [1.29, 1.82) is 0 Å². The molecule has 0 amide bonds. The van der Waals surface area contributed by atoms with E-state index in [-0.39, 0.29) is 17.1 Å². The third-order valence-corrected chi connectivity index (χ3v) is 1.88. The maximum atomic E-state index is 9.28. The van der Waals surface area contributed by atoms with Crippen LogP contribution in [-0.4, -0.2) is 21.9 Å². The molecule has 0 unspecified atom stereocenters. The Bertz CT molecular complexity index is 485. The molecule has 0 aliphatic rings. The summed E-state index contributed by atoms with van der Waals surface area (Å²) in [6, 6.07) is 11.6. The number of hydrogen-bond acceptors (Lipinski definition) is 6. The van der Waals surface area contributed by atoms with E-state index >= 15 is 0 Å². The van der Waals surface area contributed by atoms with Gasteiger partial charge in [0.05, 0.1) is 11.4 Å². The van der Waals surface area contributed by atoms with Crippen LogP contribution in [-0.2, 0) is 26.7 Å². The first-order valence-electron chi connectivity index (χ1n) is 5.31. The van der Waals surface area contributed by atoms with Crippen LogP contribution in [0, 0.1) is 0 Å². The largest absolute Gasteiger partial charge is 2.00 e. The van der Waals surface area contributed by atoms with E-state index in [1.165, 1.54) is 0 Å². The van der Waals surface area contributed by atoms with Gasteiger partial charge >= 0.3 is 17.1 Å². The van der Waals surface area contributed by atoms with Crippen LogP contribution < -0.4 is 10.2 Å². The number of carbonyl (C=O) groups excluding carboxylic acids is 2. The molecule has 0 fully saturated rings. The van der Waals surface area contributed by atoms with Crippen LogP contribution in [0.1, 0.15) is 6.42 Å². The predicted molar refractivity (Wildman–Crippen MR) is 62.1 cm³/mol. The van der Waals surface area contributed by atoms with Gasteiger partial charge in [0.25, 0.3) is 0 Å². The number of pyridine rings is 2. The van der Waals surface area contributed by atoms with Crippen molar-refractivity contribution in [1.82, 2.24) is 9.97 Å². The van der Waals surface area contributed by atoms with E-state index < -0.39 is 18.4 Å². The number of carboxylic acids is 2. The second-order valence-corrected chi connectivity index (χ2v) is 3.35. The Balaban J connectivity index is 0.000000396. The van der Waals surface area contributed by atoms with E-state index in [0.29, 0.717) is 0 Å². The summed E-state index contributed by atoms with van der Waals surface area (Å²) < 4.78 is 0. The molecule has 0 aliphatic carbocycles. The molecule has 0 N–H and O–H groups in total. The molecule has 0 aliphatic heterocycles. The molecule has 2 aromatic rings. The molecule has 0 saturated carbocycles. The molecule has 107 valence electrons. The average molecular weight is 322 g/mol. The fraction of sp³-hybridized carbons (Fsp3) is 0.0769.